The van der Waals surface area contributed by atoms with E-state index in [0.29, 0.717) is 11.5 Å². The number of furan rings is 1. The van der Waals surface area contributed by atoms with Crippen LogP contribution in [0.15, 0.2) is 22.2 Å². The standard InChI is InChI=1S/C12H12N2O5/c1-7-3-4-8(19-7)5-9-11(16)14(12(17)13-9)6-10(15)18-2/h3-5H,6H2,1-2H3,(H,13,17)/b9-5+. The van der Waals surface area contributed by atoms with Crippen LogP contribution in [0.1, 0.15) is 11.5 Å². The van der Waals surface area contributed by atoms with Crippen molar-refractivity contribution >= 4 is 24.0 Å². The van der Waals surface area contributed by atoms with Gasteiger partial charge in [-0.25, -0.2) is 9.69 Å². The fourth-order valence-corrected chi connectivity index (χ4v) is 1.58. The van der Waals surface area contributed by atoms with Crippen molar-refractivity contribution in [2.75, 3.05) is 13.7 Å². The molecule has 7 nitrogen and oxygen atoms in total. The van der Waals surface area contributed by atoms with Gasteiger partial charge < -0.3 is 14.5 Å². The molecule has 100 valence electrons. The van der Waals surface area contributed by atoms with Gasteiger partial charge in [0.15, 0.2) is 0 Å². The Morgan fingerprint density at radius 3 is 2.79 bits per heavy atom. The molecular formula is C12H12N2O5. The lowest BCUT2D eigenvalue weighted by Crippen LogP contribution is -2.36. The summed E-state index contributed by atoms with van der Waals surface area (Å²) in [6, 6.07) is 2.75. The number of urea groups is 1. The average molecular weight is 264 g/mol. The zero-order valence-corrected chi connectivity index (χ0v) is 10.4. The Bertz CT molecular complexity index is 572. The number of rotatable bonds is 3. The Kier molecular flexibility index (Phi) is 3.37. The van der Waals surface area contributed by atoms with Crippen molar-refractivity contribution in [1.82, 2.24) is 10.2 Å². The fraction of sp³-hybridized carbons (Fsp3) is 0.250. The van der Waals surface area contributed by atoms with Crippen molar-refractivity contribution in [1.29, 1.82) is 0 Å². The zero-order chi connectivity index (χ0) is 14.0. The van der Waals surface area contributed by atoms with Gasteiger partial charge in [0.1, 0.15) is 23.8 Å². The van der Waals surface area contributed by atoms with E-state index in [9.17, 15) is 14.4 Å². The Balaban J connectivity index is 2.18. The van der Waals surface area contributed by atoms with Gasteiger partial charge in [-0.05, 0) is 19.1 Å². The molecule has 1 aromatic heterocycles. The van der Waals surface area contributed by atoms with Gasteiger partial charge in [-0.15, -0.1) is 0 Å². The third kappa shape index (κ3) is 2.65. The Hall–Kier alpha value is -2.57. The number of esters is 1. The van der Waals surface area contributed by atoms with Crippen LogP contribution >= 0.6 is 0 Å². The number of imide groups is 1. The highest BCUT2D eigenvalue weighted by Gasteiger charge is 2.35. The van der Waals surface area contributed by atoms with Crippen molar-refractivity contribution in [2.24, 2.45) is 0 Å². The van der Waals surface area contributed by atoms with Gasteiger partial charge in [0, 0.05) is 6.08 Å². The van der Waals surface area contributed by atoms with E-state index in [1.54, 1.807) is 19.1 Å². The molecule has 2 heterocycles. The van der Waals surface area contributed by atoms with Gasteiger partial charge in [-0.2, -0.15) is 0 Å². The van der Waals surface area contributed by atoms with Crippen molar-refractivity contribution in [3.63, 3.8) is 0 Å². The van der Waals surface area contributed by atoms with Crippen LogP contribution in [0, 0.1) is 6.92 Å². The Morgan fingerprint density at radius 2 is 2.21 bits per heavy atom. The van der Waals surface area contributed by atoms with E-state index >= 15 is 0 Å². The number of carbonyl (C=O) groups excluding carboxylic acids is 3. The fourth-order valence-electron chi connectivity index (χ4n) is 1.58. The number of nitrogens with one attached hydrogen (secondary N) is 1. The normalized spacial score (nSPS) is 16.9. The number of hydrogen-bond acceptors (Lipinski definition) is 5. The summed E-state index contributed by atoms with van der Waals surface area (Å²) in [6.07, 6.45) is 1.41. The molecule has 0 saturated carbocycles. The summed E-state index contributed by atoms with van der Waals surface area (Å²) in [4.78, 5) is 35.3. The predicted octanol–water partition coefficient (Wildman–Crippen LogP) is 0.654. The molecule has 7 heteroatoms. The second-order valence-corrected chi connectivity index (χ2v) is 3.90. The molecule has 3 amide bonds. The third-order valence-electron chi connectivity index (χ3n) is 2.52. The highest BCUT2D eigenvalue weighted by molar-refractivity contribution is 6.15. The molecule has 0 atom stereocenters. The first-order valence-electron chi connectivity index (χ1n) is 5.49. The van der Waals surface area contributed by atoms with E-state index in [1.165, 1.54) is 13.2 Å². The number of methoxy groups -OCH3 is 1. The van der Waals surface area contributed by atoms with E-state index in [-0.39, 0.29) is 5.70 Å². The van der Waals surface area contributed by atoms with Crippen molar-refractivity contribution < 1.29 is 23.5 Å². The van der Waals surface area contributed by atoms with Crippen LogP contribution in [0.5, 0.6) is 0 Å². The lowest BCUT2D eigenvalue weighted by Gasteiger charge is -2.08. The maximum atomic E-state index is 11.9. The van der Waals surface area contributed by atoms with Crippen molar-refractivity contribution in [3.05, 3.63) is 29.4 Å². The molecule has 0 aromatic carbocycles. The molecule has 0 bridgehead atoms. The molecule has 0 radical (unpaired) electrons. The molecule has 19 heavy (non-hydrogen) atoms. The number of nitrogens with zero attached hydrogens (tertiary/aromatic N) is 1. The van der Waals surface area contributed by atoms with Gasteiger partial charge in [-0.1, -0.05) is 0 Å². The van der Waals surface area contributed by atoms with Crippen LogP contribution < -0.4 is 5.32 Å². The average Bonchev–Trinajstić information content (AvgIpc) is 2.88. The topological polar surface area (TPSA) is 88.8 Å². The SMILES string of the molecule is COC(=O)CN1C(=O)N/C(=C/c2ccc(C)o2)C1=O. The monoisotopic (exact) mass is 264 g/mol. The minimum atomic E-state index is -0.668. The van der Waals surface area contributed by atoms with E-state index < -0.39 is 24.5 Å². The molecule has 1 aliphatic heterocycles. The summed E-state index contributed by atoms with van der Waals surface area (Å²) in [5.41, 5.74) is 0.0586. The lowest BCUT2D eigenvalue weighted by atomic mass is 10.3. The first-order valence-corrected chi connectivity index (χ1v) is 5.49. The van der Waals surface area contributed by atoms with Gasteiger partial charge in [0.05, 0.1) is 7.11 Å². The van der Waals surface area contributed by atoms with Crippen LogP contribution in [0.2, 0.25) is 0 Å². The first-order chi connectivity index (χ1) is 9.01. The molecule has 1 aliphatic rings. The molecular weight excluding hydrogens is 252 g/mol. The van der Waals surface area contributed by atoms with Crippen LogP contribution in [0.4, 0.5) is 4.79 Å². The van der Waals surface area contributed by atoms with Gasteiger partial charge in [-0.3, -0.25) is 9.59 Å². The molecule has 0 unspecified atom stereocenters. The molecule has 0 aliphatic carbocycles. The van der Waals surface area contributed by atoms with Crippen molar-refractivity contribution in [3.8, 4) is 0 Å². The van der Waals surface area contributed by atoms with Crippen LogP contribution in [-0.2, 0) is 14.3 Å². The van der Waals surface area contributed by atoms with Crippen LogP contribution in [-0.4, -0.2) is 36.5 Å². The smallest absolute Gasteiger partial charge is 0.329 e. The highest BCUT2D eigenvalue weighted by Crippen LogP contribution is 2.15. The number of hydrogen-bond donors (Lipinski definition) is 1. The van der Waals surface area contributed by atoms with Crippen LogP contribution in [0.25, 0.3) is 6.08 Å². The third-order valence-corrected chi connectivity index (χ3v) is 2.52. The number of ether oxygens (including phenoxy) is 1. The summed E-state index contributed by atoms with van der Waals surface area (Å²) in [5, 5.41) is 2.37. The molecule has 1 saturated heterocycles. The Morgan fingerprint density at radius 1 is 1.47 bits per heavy atom. The van der Waals surface area contributed by atoms with E-state index in [0.717, 1.165) is 4.90 Å². The molecule has 2 rings (SSSR count). The summed E-state index contributed by atoms with van der Waals surface area (Å²) >= 11 is 0. The highest BCUT2D eigenvalue weighted by atomic mass is 16.5. The number of amides is 3. The van der Waals surface area contributed by atoms with Gasteiger partial charge >= 0.3 is 12.0 Å². The molecule has 1 aromatic rings. The molecule has 1 fully saturated rings. The summed E-state index contributed by atoms with van der Waals surface area (Å²) in [5.74, 6) is -0.126. The number of aryl methyl sites for hydroxylation is 1. The molecule has 0 spiro atoms. The maximum Gasteiger partial charge on any atom is 0.329 e. The molecule has 1 N–H and O–H groups in total. The summed E-state index contributed by atoms with van der Waals surface area (Å²) in [6.45, 7) is 1.34. The summed E-state index contributed by atoms with van der Waals surface area (Å²) < 4.78 is 9.69. The quantitative estimate of drug-likeness (QED) is 0.492. The Labute approximate surface area is 108 Å². The summed E-state index contributed by atoms with van der Waals surface area (Å²) in [7, 11) is 1.18. The zero-order valence-electron chi connectivity index (χ0n) is 10.4. The predicted molar refractivity (Wildman–Crippen MR) is 63.7 cm³/mol. The van der Waals surface area contributed by atoms with Gasteiger partial charge in [0.2, 0.25) is 0 Å². The lowest BCUT2D eigenvalue weighted by molar-refractivity contribution is -0.143. The minimum Gasteiger partial charge on any atom is -0.468 e. The minimum absolute atomic E-state index is 0.0586. The van der Waals surface area contributed by atoms with E-state index in [4.69, 9.17) is 4.42 Å². The van der Waals surface area contributed by atoms with Crippen LogP contribution in [0.3, 0.4) is 0 Å². The van der Waals surface area contributed by atoms with Crippen molar-refractivity contribution in [2.45, 2.75) is 6.92 Å². The van der Waals surface area contributed by atoms with E-state index in [1.807, 2.05) is 0 Å². The largest absolute Gasteiger partial charge is 0.468 e. The van der Waals surface area contributed by atoms with Gasteiger partial charge in [0.25, 0.3) is 5.91 Å². The first kappa shape index (κ1) is 12.9. The number of carbonyl (C=O) groups is 3. The second-order valence-electron chi connectivity index (χ2n) is 3.90. The maximum absolute atomic E-state index is 11.9. The second kappa shape index (κ2) is 4.97. The van der Waals surface area contributed by atoms with E-state index in [2.05, 4.69) is 10.1 Å².